The average molecular weight is 161 g/mol. The predicted octanol–water partition coefficient (Wildman–Crippen LogP) is 0.752. The van der Waals surface area contributed by atoms with Crippen molar-refractivity contribution in [1.82, 2.24) is 0 Å². The number of nitrogens with two attached hydrogens (primary N) is 1. The molecule has 11 heavy (non-hydrogen) atoms. The molecule has 0 aliphatic rings. The van der Waals surface area contributed by atoms with Crippen LogP contribution in [0, 0.1) is 0 Å². The van der Waals surface area contributed by atoms with Gasteiger partial charge in [-0.25, -0.2) is 4.79 Å². The lowest BCUT2D eigenvalue weighted by Gasteiger charge is -1.96. The van der Waals surface area contributed by atoms with Crippen LogP contribution in [0.25, 0.3) is 0 Å². The Bertz CT molecular complexity index is 157. The third-order valence-electron chi connectivity index (χ3n) is 0.961. The van der Waals surface area contributed by atoms with Crippen LogP contribution < -0.4 is 5.73 Å². The van der Waals surface area contributed by atoms with Gasteiger partial charge in [0.25, 0.3) is 0 Å². The fraction of sp³-hybridized carbons (Fsp3) is 0.571. The second-order valence-electron chi connectivity index (χ2n) is 1.85. The SMILES string of the molecule is CCOC(=O)/C(F)=C/CCN. The van der Waals surface area contributed by atoms with Crippen LogP contribution in [0.4, 0.5) is 4.39 Å². The molecule has 0 atom stereocenters. The fourth-order valence-corrected chi connectivity index (χ4v) is 0.493. The van der Waals surface area contributed by atoms with Gasteiger partial charge in [0, 0.05) is 0 Å². The van der Waals surface area contributed by atoms with E-state index < -0.39 is 11.8 Å². The Labute approximate surface area is 65.0 Å². The molecule has 0 aromatic carbocycles. The highest BCUT2D eigenvalue weighted by Gasteiger charge is 2.07. The molecule has 0 saturated heterocycles. The summed E-state index contributed by atoms with van der Waals surface area (Å²) in [5.41, 5.74) is 5.09. The van der Waals surface area contributed by atoms with E-state index in [4.69, 9.17) is 5.73 Å². The molecular formula is C7H12FNO2. The van der Waals surface area contributed by atoms with E-state index >= 15 is 0 Å². The van der Waals surface area contributed by atoms with Crippen molar-refractivity contribution in [2.75, 3.05) is 13.2 Å². The second kappa shape index (κ2) is 5.85. The summed E-state index contributed by atoms with van der Waals surface area (Å²) in [6, 6.07) is 0. The van der Waals surface area contributed by atoms with Crippen LogP contribution in [0.5, 0.6) is 0 Å². The van der Waals surface area contributed by atoms with E-state index in [-0.39, 0.29) is 6.61 Å². The van der Waals surface area contributed by atoms with Crippen molar-refractivity contribution in [3.8, 4) is 0 Å². The zero-order valence-corrected chi connectivity index (χ0v) is 6.47. The van der Waals surface area contributed by atoms with Crippen molar-refractivity contribution in [3.63, 3.8) is 0 Å². The van der Waals surface area contributed by atoms with Crippen LogP contribution in [0.15, 0.2) is 11.9 Å². The van der Waals surface area contributed by atoms with Gasteiger partial charge in [-0.2, -0.15) is 4.39 Å². The van der Waals surface area contributed by atoms with Crippen LogP contribution in [0.2, 0.25) is 0 Å². The van der Waals surface area contributed by atoms with Crippen molar-refractivity contribution in [3.05, 3.63) is 11.9 Å². The molecule has 0 fully saturated rings. The smallest absolute Gasteiger partial charge is 0.366 e. The summed E-state index contributed by atoms with van der Waals surface area (Å²) in [7, 11) is 0. The summed E-state index contributed by atoms with van der Waals surface area (Å²) in [6.07, 6.45) is 1.47. The minimum absolute atomic E-state index is 0.183. The van der Waals surface area contributed by atoms with Crippen LogP contribution in [0.3, 0.4) is 0 Å². The molecule has 4 heteroatoms. The number of esters is 1. The van der Waals surface area contributed by atoms with E-state index in [1.807, 2.05) is 0 Å². The molecular weight excluding hydrogens is 149 g/mol. The maximum atomic E-state index is 12.5. The molecule has 2 N–H and O–H groups in total. The van der Waals surface area contributed by atoms with Gasteiger partial charge in [0.2, 0.25) is 5.83 Å². The topological polar surface area (TPSA) is 52.3 Å². The third-order valence-corrected chi connectivity index (χ3v) is 0.961. The van der Waals surface area contributed by atoms with Gasteiger partial charge in [-0.3, -0.25) is 0 Å². The first-order valence-electron chi connectivity index (χ1n) is 3.45. The highest BCUT2D eigenvalue weighted by atomic mass is 19.1. The standard InChI is InChI=1S/C7H12FNO2/c1-2-11-7(10)6(8)4-3-5-9/h4H,2-3,5,9H2,1H3/b6-4-. The summed E-state index contributed by atoms with van der Waals surface area (Å²) in [4.78, 5) is 10.5. The zero-order valence-electron chi connectivity index (χ0n) is 6.47. The van der Waals surface area contributed by atoms with E-state index in [1.165, 1.54) is 0 Å². The number of carbonyl (C=O) groups is 1. The van der Waals surface area contributed by atoms with Crippen molar-refractivity contribution in [2.24, 2.45) is 5.73 Å². The summed E-state index contributed by atoms with van der Waals surface area (Å²) in [5, 5.41) is 0. The van der Waals surface area contributed by atoms with Crippen LogP contribution in [0.1, 0.15) is 13.3 Å². The first-order valence-corrected chi connectivity index (χ1v) is 3.45. The normalized spacial score (nSPS) is 11.4. The molecule has 0 aliphatic carbocycles. The molecule has 64 valence electrons. The van der Waals surface area contributed by atoms with E-state index in [9.17, 15) is 9.18 Å². The lowest BCUT2D eigenvalue weighted by molar-refractivity contribution is -0.140. The Kier molecular flexibility index (Phi) is 5.37. The first-order chi connectivity index (χ1) is 5.22. The van der Waals surface area contributed by atoms with Crippen molar-refractivity contribution in [1.29, 1.82) is 0 Å². The van der Waals surface area contributed by atoms with E-state index in [2.05, 4.69) is 4.74 Å². The molecule has 0 aliphatic heterocycles. The van der Waals surface area contributed by atoms with Crippen LogP contribution in [-0.2, 0) is 9.53 Å². The molecule has 0 unspecified atom stereocenters. The molecule has 0 amide bonds. The Morgan fingerprint density at radius 3 is 2.82 bits per heavy atom. The maximum absolute atomic E-state index is 12.5. The average Bonchev–Trinajstić information content (AvgIpc) is 2.00. The maximum Gasteiger partial charge on any atom is 0.366 e. The van der Waals surface area contributed by atoms with Gasteiger partial charge in [-0.1, -0.05) is 0 Å². The number of ether oxygens (including phenoxy) is 1. The summed E-state index contributed by atoms with van der Waals surface area (Å²) in [5.74, 6) is -1.78. The van der Waals surface area contributed by atoms with Gasteiger partial charge < -0.3 is 10.5 Å². The fourth-order valence-electron chi connectivity index (χ4n) is 0.493. The van der Waals surface area contributed by atoms with Crippen molar-refractivity contribution < 1.29 is 13.9 Å². The van der Waals surface area contributed by atoms with Crippen molar-refractivity contribution in [2.45, 2.75) is 13.3 Å². The number of carbonyl (C=O) groups excluding carboxylic acids is 1. The van der Waals surface area contributed by atoms with E-state index in [1.54, 1.807) is 6.92 Å². The molecule has 0 bridgehead atoms. The molecule has 0 aromatic heterocycles. The van der Waals surface area contributed by atoms with Gasteiger partial charge in [0.15, 0.2) is 0 Å². The minimum Gasteiger partial charge on any atom is -0.461 e. The van der Waals surface area contributed by atoms with Gasteiger partial charge in [-0.05, 0) is 26.0 Å². The zero-order chi connectivity index (χ0) is 8.69. The molecule has 3 nitrogen and oxygen atoms in total. The highest BCUT2D eigenvalue weighted by molar-refractivity contribution is 5.85. The molecule has 0 rings (SSSR count). The van der Waals surface area contributed by atoms with Gasteiger partial charge in [-0.15, -0.1) is 0 Å². The quantitative estimate of drug-likeness (QED) is 0.489. The van der Waals surface area contributed by atoms with Crippen LogP contribution >= 0.6 is 0 Å². The van der Waals surface area contributed by atoms with Crippen LogP contribution in [-0.4, -0.2) is 19.1 Å². The van der Waals surface area contributed by atoms with E-state index in [0.717, 1.165) is 6.08 Å². The summed E-state index contributed by atoms with van der Waals surface area (Å²) in [6.45, 7) is 2.13. The Hall–Kier alpha value is -0.900. The number of hydrogen-bond donors (Lipinski definition) is 1. The van der Waals surface area contributed by atoms with Gasteiger partial charge >= 0.3 is 5.97 Å². The lowest BCUT2D eigenvalue weighted by Crippen LogP contribution is -2.05. The number of hydrogen-bond acceptors (Lipinski definition) is 3. The highest BCUT2D eigenvalue weighted by Crippen LogP contribution is 2.00. The molecule has 0 heterocycles. The summed E-state index contributed by atoms with van der Waals surface area (Å²) >= 11 is 0. The Balaban J connectivity index is 3.80. The second-order valence-corrected chi connectivity index (χ2v) is 1.85. The molecule has 0 saturated carbocycles. The van der Waals surface area contributed by atoms with Gasteiger partial charge in [0.05, 0.1) is 6.61 Å². The Morgan fingerprint density at radius 1 is 1.73 bits per heavy atom. The lowest BCUT2D eigenvalue weighted by atomic mass is 10.3. The van der Waals surface area contributed by atoms with Gasteiger partial charge in [0.1, 0.15) is 0 Å². The molecule has 0 spiro atoms. The monoisotopic (exact) mass is 161 g/mol. The first kappa shape index (κ1) is 10.1. The predicted molar refractivity (Wildman–Crippen MR) is 39.5 cm³/mol. The Morgan fingerprint density at radius 2 is 2.36 bits per heavy atom. The number of rotatable bonds is 4. The summed E-state index contributed by atoms with van der Waals surface area (Å²) < 4.78 is 16.9. The molecule has 0 radical (unpaired) electrons. The number of halogens is 1. The third kappa shape index (κ3) is 4.50. The van der Waals surface area contributed by atoms with Crippen molar-refractivity contribution >= 4 is 5.97 Å². The van der Waals surface area contributed by atoms with E-state index in [0.29, 0.717) is 13.0 Å². The minimum atomic E-state index is -0.916. The molecule has 0 aromatic rings. The largest absolute Gasteiger partial charge is 0.461 e.